The minimum absolute atomic E-state index is 0.105. The molecule has 0 aliphatic carbocycles. The van der Waals surface area contributed by atoms with Crippen LogP contribution in [0.1, 0.15) is 5.56 Å². The van der Waals surface area contributed by atoms with E-state index >= 15 is 0 Å². The first kappa shape index (κ1) is 15.5. The maximum Gasteiger partial charge on any atom is 0.253 e. The van der Waals surface area contributed by atoms with Gasteiger partial charge in [-0.1, -0.05) is 35.3 Å². The summed E-state index contributed by atoms with van der Waals surface area (Å²) in [6.45, 7) is 1.94. The predicted octanol–water partition coefficient (Wildman–Crippen LogP) is 3.82. The van der Waals surface area contributed by atoms with E-state index in [1.54, 1.807) is 18.2 Å². The van der Waals surface area contributed by atoms with Gasteiger partial charge < -0.3 is 11.5 Å². The zero-order valence-corrected chi connectivity index (χ0v) is 13.7. The molecule has 0 aliphatic heterocycles. The largest absolute Gasteiger partial charge is 0.370 e. The van der Waals surface area contributed by atoms with Crippen LogP contribution in [0.25, 0.3) is 22.2 Å². The van der Waals surface area contributed by atoms with Crippen molar-refractivity contribution in [3.05, 3.63) is 52.0 Å². The summed E-state index contributed by atoms with van der Waals surface area (Å²) < 4.78 is 0. The summed E-state index contributed by atoms with van der Waals surface area (Å²) in [5, 5.41) is 2.04. The van der Waals surface area contributed by atoms with Crippen molar-refractivity contribution in [1.29, 1.82) is 0 Å². The average molecular weight is 346 g/mol. The molecule has 0 saturated carbocycles. The Morgan fingerprint density at radius 3 is 2.52 bits per heavy atom. The number of hydrogen-bond acceptors (Lipinski definition) is 3. The van der Waals surface area contributed by atoms with Crippen LogP contribution in [0.4, 0.5) is 5.95 Å². The van der Waals surface area contributed by atoms with Crippen molar-refractivity contribution in [2.75, 3.05) is 0 Å². The number of halogens is 2. The molecule has 7 heteroatoms. The lowest BCUT2D eigenvalue weighted by Gasteiger charge is -2.09. The van der Waals surface area contributed by atoms with E-state index in [1.165, 1.54) is 0 Å². The van der Waals surface area contributed by atoms with Crippen LogP contribution in [0, 0.1) is 6.92 Å². The molecule has 23 heavy (non-hydrogen) atoms. The molecule has 4 N–H and O–H groups in total. The molecule has 0 aliphatic rings. The monoisotopic (exact) mass is 345 g/mol. The first-order chi connectivity index (χ1) is 10.9. The van der Waals surface area contributed by atoms with Gasteiger partial charge in [-0.3, -0.25) is 0 Å². The lowest BCUT2D eigenvalue weighted by Crippen LogP contribution is -2.22. The van der Waals surface area contributed by atoms with Gasteiger partial charge in [0.2, 0.25) is 0 Å². The van der Waals surface area contributed by atoms with Crippen molar-refractivity contribution in [3.63, 3.8) is 0 Å². The highest BCUT2D eigenvalue weighted by Crippen LogP contribution is 2.32. The molecule has 0 amide bonds. The number of nitrogens with two attached hydrogens (primary N) is 2. The highest BCUT2D eigenvalue weighted by Gasteiger charge is 2.11. The van der Waals surface area contributed by atoms with Crippen molar-refractivity contribution in [2.24, 2.45) is 16.5 Å². The van der Waals surface area contributed by atoms with Gasteiger partial charge in [-0.15, -0.1) is 0 Å². The van der Waals surface area contributed by atoms with Crippen molar-refractivity contribution >= 4 is 46.0 Å². The van der Waals surface area contributed by atoms with Gasteiger partial charge in [0.25, 0.3) is 5.95 Å². The molecule has 0 unspecified atom stereocenters. The predicted molar refractivity (Wildman–Crippen MR) is 95.2 cm³/mol. The number of guanidine groups is 1. The number of aromatic nitrogens is 2. The first-order valence-electron chi connectivity index (χ1n) is 6.77. The van der Waals surface area contributed by atoms with Crippen molar-refractivity contribution in [1.82, 2.24) is 9.97 Å². The van der Waals surface area contributed by atoms with Gasteiger partial charge in [-0.25, -0.2) is 9.97 Å². The van der Waals surface area contributed by atoms with Gasteiger partial charge in [0.05, 0.1) is 11.2 Å². The minimum atomic E-state index is -0.105. The van der Waals surface area contributed by atoms with Gasteiger partial charge >= 0.3 is 0 Å². The Balaban J connectivity index is 2.33. The summed E-state index contributed by atoms with van der Waals surface area (Å²) in [7, 11) is 0. The topological polar surface area (TPSA) is 90.2 Å². The fraction of sp³-hybridized carbons (Fsp3) is 0.0625. The molecule has 1 aromatic heterocycles. The number of hydrogen-bond donors (Lipinski definition) is 2. The van der Waals surface area contributed by atoms with Crippen LogP contribution in [-0.4, -0.2) is 15.9 Å². The average Bonchev–Trinajstić information content (AvgIpc) is 2.49. The Bertz CT molecular complexity index is 933. The van der Waals surface area contributed by atoms with Crippen LogP contribution in [0.15, 0.2) is 41.4 Å². The molecular formula is C16H13Cl2N5. The first-order valence-corrected chi connectivity index (χ1v) is 7.53. The smallest absolute Gasteiger partial charge is 0.253 e. The summed E-state index contributed by atoms with van der Waals surface area (Å²) >= 11 is 12.3. The summed E-state index contributed by atoms with van der Waals surface area (Å²) in [5.74, 6) is 0.0812. The molecule has 1 heterocycles. The number of aliphatic imine (C=N–C) groups is 1. The maximum atomic E-state index is 6.23. The van der Waals surface area contributed by atoms with Gasteiger partial charge in [-0.2, -0.15) is 4.99 Å². The van der Waals surface area contributed by atoms with E-state index in [4.69, 9.17) is 34.7 Å². The van der Waals surface area contributed by atoms with E-state index in [1.807, 2.05) is 25.1 Å². The molecule has 3 aromatic rings. The van der Waals surface area contributed by atoms with E-state index in [0.29, 0.717) is 21.3 Å². The molecule has 0 atom stereocenters. The van der Waals surface area contributed by atoms with Crippen LogP contribution in [0.5, 0.6) is 0 Å². The number of nitrogens with zero attached hydrogens (tertiary/aromatic N) is 3. The number of rotatable bonds is 2. The third kappa shape index (κ3) is 3.21. The number of fused-ring (bicyclic) bond motifs is 1. The Morgan fingerprint density at radius 2 is 1.83 bits per heavy atom. The summed E-state index contributed by atoms with van der Waals surface area (Å²) in [6, 6.07) is 11.1. The second kappa shape index (κ2) is 6.02. The standard InChI is InChI=1S/C16H13Cl2N5/c1-8-2-3-9(6-12(8)18)14-11-7-10(17)4-5-13(11)21-16(22-14)23-15(19)20/h2-7H,1H3,(H4,19,20,21,22,23). The third-order valence-corrected chi connectivity index (χ3v) is 3.96. The summed E-state index contributed by atoms with van der Waals surface area (Å²) in [5.41, 5.74) is 14.0. The molecule has 2 aromatic carbocycles. The maximum absolute atomic E-state index is 6.23. The molecule has 0 radical (unpaired) electrons. The van der Waals surface area contributed by atoms with Crippen molar-refractivity contribution < 1.29 is 0 Å². The molecule has 0 fully saturated rings. The van der Waals surface area contributed by atoms with Crippen LogP contribution in [-0.2, 0) is 0 Å². The van der Waals surface area contributed by atoms with Crippen LogP contribution in [0.3, 0.4) is 0 Å². The zero-order chi connectivity index (χ0) is 16.6. The Kier molecular flexibility index (Phi) is 4.07. The second-order valence-corrected chi connectivity index (χ2v) is 5.88. The van der Waals surface area contributed by atoms with Crippen molar-refractivity contribution in [2.45, 2.75) is 6.92 Å². The van der Waals surface area contributed by atoms with Crippen LogP contribution < -0.4 is 11.5 Å². The van der Waals surface area contributed by atoms with E-state index in [9.17, 15) is 0 Å². The third-order valence-electron chi connectivity index (χ3n) is 3.32. The molecule has 0 saturated heterocycles. The Hall–Kier alpha value is -2.37. The van der Waals surface area contributed by atoms with Gasteiger partial charge in [0.1, 0.15) is 0 Å². The molecule has 3 rings (SSSR count). The highest BCUT2D eigenvalue weighted by molar-refractivity contribution is 6.32. The number of benzene rings is 2. The van der Waals surface area contributed by atoms with Gasteiger partial charge in [-0.05, 0) is 36.8 Å². The highest BCUT2D eigenvalue weighted by atomic mass is 35.5. The summed E-state index contributed by atoms with van der Waals surface area (Å²) in [4.78, 5) is 12.7. The Morgan fingerprint density at radius 1 is 1.04 bits per heavy atom. The zero-order valence-electron chi connectivity index (χ0n) is 12.2. The lowest BCUT2D eigenvalue weighted by molar-refractivity contribution is 1.17. The van der Waals surface area contributed by atoms with Gasteiger partial charge in [0.15, 0.2) is 5.96 Å². The molecular weight excluding hydrogens is 333 g/mol. The van der Waals surface area contributed by atoms with E-state index in [0.717, 1.165) is 16.5 Å². The molecule has 0 spiro atoms. The van der Waals surface area contributed by atoms with E-state index < -0.39 is 0 Å². The minimum Gasteiger partial charge on any atom is -0.370 e. The van der Waals surface area contributed by atoms with E-state index in [2.05, 4.69) is 15.0 Å². The quantitative estimate of drug-likeness (QED) is 0.545. The molecule has 5 nitrogen and oxygen atoms in total. The van der Waals surface area contributed by atoms with Crippen LogP contribution in [0.2, 0.25) is 10.0 Å². The Labute approximate surface area is 143 Å². The van der Waals surface area contributed by atoms with Crippen molar-refractivity contribution in [3.8, 4) is 11.3 Å². The fourth-order valence-electron chi connectivity index (χ4n) is 2.21. The summed E-state index contributed by atoms with van der Waals surface area (Å²) in [6.07, 6.45) is 0. The fourth-order valence-corrected chi connectivity index (χ4v) is 2.57. The second-order valence-electron chi connectivity index (χ2n) is 5.03. The molecule has 0 bridgehead atoms. The van der Waals surface area contributed by atoms with E-state index in [-0.39, 0.29) is 11.9 Å². The van der Waals surface area contributed by atoms with Gasteiger partial charge in [0, 0.05) is 21.0 Å². The molecule has 116 valence electrons. The number of aryl methyl sites for hydroxylation is 1. The normalized spacial score (nSPS) is 10.7. The SMILES string of the molecule is Cc1ccc(-c2nc(N=C(N)N)nc3ccc(Cl)cc23)cc1Cl. The lowest BCUT2D eigenvalue weighted by atomic mass is 10.0. The van der Waals surface area contributed by atoms with Crippen LogP contribution >= 0.6 is 23.2 Å².